The molecule has 0 amide bonds. The molecule has 0 aliphatic rings. The Hall–Kier alpha value is 0.350. The predicted octanol–water partition coefficient (Wildman–Crippen LogP) is 1.74. The second-order valence-electron chi connectivity index (χ2n) is 2.76. The highest BCUT2D eigenvalue weighted by atomic mass is 79.9. The lowest BCUT2D eigenvalue weighted by Gasteiger charge is -2.16. The number of carbonyl (C=O) groups excluding carboxylic acids is 1. The van der Waals surface area contributed by atoms with Crippen molar-refractivity contribution in [3.63, 3.8) is 0 Å². The standard InChI is InChI=1S/C9H16Br2O4/c1-8(12)15-9(6-13-4-2-10)7-14-5-3-11/h9H,2-7H2,1H3. The Balaban J connectivity index is 3.68. The number of ether oxygens (including phenoxy) is 3. The van der Waals surface area contributed by atoms with Crippen molar-refractivity contribution in [3.8, 4) is 0 Å². The lowest BCUT2D eigenvalue weighted by Crippen LogP contribution is -2.28. The van der Waals surface area contributed by atoms with Gasteiger partial charge >= 0.3 is 5.97 Å². The predicted molar refractivity (Wildman–Crippen MR) is 64.8 cm³/mol. The fraction of sp³-hybridized carbons (Fsp3) is 0.889. The molecule has 0 aromatic rings. The fourth-order valence-electron chi connectivity index (χ4n) is 0.890. The first kappa shape index (κ1) is 15.3. The maximum absolute atomic E-state index is 10.8. The molecule has 0 N–H and O–H groups in total. The first-order valence-corrected chi connectivity index (χ1v) is 6.89. The minimum absolute atomic E-state index is 0.315. The van der Waals surface area contributed by atoms with E-state index in [9.17, 15) is 4.79 Å². The fourth-order valence-corrected chi connectivity index (χ4v) is 1.35. The van der Waals surface area contributed by atoms with Crippen molar-refractivity contribution in [2.24, 2.45) is 0 Å². The Labute approximate surface area is 107 Å². The second kappa shape index (κ2) is 10.9. The molecular weight excluding hydrogens is 332 g/mol. The molecule has 0 saturated carbocycles. The van der Waals surface area contributed by atoms with Gasteiger partial charge in [0.2, 0.25) is 0 Å². The quantitative estimate of drug-likeness (QED) is 0.362. The third kappa shape index (κ3) is 10.6. The van der Waals surface area contributed by atoms with Gasteiger partial charge in [-0.05, 0) is 0 Å². The molecule has 0 unspecified atom stereocenters. The summed E-state index contributed by atoms with van der Waals surface area (Å²) in [5.74, 6) is -0.315. The van der Waals surface area contributed by atoms with Crippen LogP contribution in [0.4, 0.5) is 0 Å². The molecule has 15 heavy (non-hydrogen) atoms. The van der Waals surface area contributed by atoms with Gasteiger partial charge in [-0.25, -0.2) is 0 Å². The van der Waals surface area contributed by atoms with E-state index in [-0.39, 0.29) is 12.1 Å². The Bertz CT molecular complexity index is 156. The van der Waals surface area contributed by atoms with Crippen molar-refractivity contribution in [1.82, 2.24) is 0 Å². The molecule has 0 spiro atoms. The highest BCUT2D eigenvalue weighted by Crippen LogP contribution is 1.97. The number of hydrogen-bond donors (Lipinski definition) is 0. The topological polar surface area (TPSA) is 44.8 Å². The largest absolute Gasteiger partial charge is 0.458 e. The van der Waals surface area contributed by atoms with Crippen molar-refractivity contribution < 1.29 is 19.0 Å². The van der Waals surface area contributed by atoms with Crippen LogP contribution in [-0.2, 0) is 19.0 Å². The number of hydrogen-bond acceptors (Lipinski definition) is 4. The minimum Gasteiger partial charge on any atom is -0.458 e. The Morgan fingerprint density at radius 2 is 1.60 bits per heavy atom. The summed E-state index contributed by atoms with van der Waals surface area (Å²) in [4.78, 5) is 10.8. The first-order valence-electron chi connectivity index (χ1n) is 4.65. The van der Waals surface area contributed by atoms with Crippen LogP contribution in [0.15, 0.2) is 0 Å². The molecule has 0 atom stereocenters. The average molecular weight is 348 g/mol. The van der Waals surface area contributed by atoms with Crippen molar-refractivity contribution in [3.05, 3.63) is 0 Å². The van der Waals surface area contributed by atoms with Gasteiger partial charge < -0.3 is 14.2 Å². The summed E-state index contributed by atoms with van der Waals surface area (Å²) in [6, 6.07) is 0. The molecule has 0 heterocycles. The van der Waals surface area contributed by atoms with E-state index < -0.39 is 0 Å². The van der Waals surface area contributed by atoms with E-state index in [1.54, 1.807) is 0 Å². The van der Waals surface area contributed by atoms with Gasteiger partial charge in [0.25, 0.3) is 0 Å². The van der Waals surface area contributed by atoms with Crippen LogP contribution < -0.4 is 0 Å². The molecule has 0 aliphatic carbocycles. The van der Waals surface area contributed by atoms with Gasteiger partial charge in [0.05, 0.1) is 26.4 Å². The summed E-state index contributed by atoms with van der Waals surface area (Å²) in [7, 11) is 0. The van der Waals surface area contributed by atoms with Crippen LogP contribution in [0.25, 0.3) is 0 Å². The molecule has 90 valence electrons. The van der Waals surface area contributed by atoms with E-state index >= 15 is 0 Å². The van der Waals surface area contributed by atoms with Crippen LogP contribution in [0.5, 0.6) is 0 Å². The van der Waals surface area contributed by atoms with Crippen molar-refractivity contribution in [2.75, 3.05) is 37.1 Å². The maximum atomic E-state index is 10.8. The molecular formula is C9H16Br2O4. The van der Waals surface area contributed by atoms with Crippen LogP contribution in [0.1, 0.15) is 6.92 Å². The van der Waals surface area contributed by atoms with E-state index in [0.717, 1.165) is 10.7 Å². The highest BCUT2D eigenvalue weighted by molar-refractivity contribution is 9.09. The normalized spacial score (nSPS) is 10.7. The molecule has 0 aromatic heterocycles. The van der Waals surface area contributed by atoms with Gasteiger partial charge in [0, 0.05) is 17.6 Å². The molecule has 0 rings (SSSR count). The van der Waals surface area contributed by atoms with E-state index in [1.165, 1.54) is 6.92 Å². The Kier molecular flexibility index (Phi) is 11.1. The van der Waals surface area contributed by atoms with Crippen LogP contribution in [0.3, 0.4) is 0 Å². The number of carbonyl (C=O) groups is 1. The zero-order chi connectivity index (χ0) is 11.5. The summed E-state index contributed by atoms with van der Waals surface area (Å²) in [6.45, 7) is 3.30. The van der Waals surface area contributed by atoms with Crippen LogP contribution >= 0.6 is 31.9 Å². The number of alkyl halides is 2. The monoisotopic (exact) mass is 346 g/mol. The zero-order valence-corrected chi connectivity index (χ0v) is 11.9. The zero-order valence-electron chi connectivity index (χ0n) is 8.71. The number of halogens is 2. The van der Waals surface area contributed by atoms with Gasteiger partial charge in [0.1, 0.15) is 6.10 Å². The van der Waals surface area contributed by atoms with E-state index in [0.29, 0.717) is 26.4 Å². The summed E-state index contributed by atoms with van der Waals surface area (Å²) >= 11 is 6.49. The average Bonchev–Trinajstić information content (AvgIpc) is 2.17. The van der Waals surface area contributed by atoms with Gasteiger partial charge in [-0.15, -0.1) is 0 Å². The van der Waals surface area contributed by atoms with E-state index in [2.05, 4.69) is 31.9 Å². The van der Waals surface area contributed by atoms with Gasteiger partial charge in [-0.1, -0.05) is 31.9 Å². The third-order valence-corrected chi connectivity index (χ3v) is 2.03. The molecule has 0 aliphatic heterocycles. The highest BCUT2D eigenvalue weighted by Gasteiger charge is 2.12. The van der Waals surface area contributed by atoms with Gasteiger partial charge in [-0.3, -0.25) is 4.79 Å². The SMILES string of the molecule is CC(=O)OC(COCCBr)COCCBr. The minimum atomic E-state index is -0.319. The molecule has 6 heteroatoms. The van der Waals surface area contributed by atoms with E-state index in [1.807, 2.05) is 0 Å². The third-order valence-electron chi connectivity index (χ3n) is 1.38. The van der Waals surface area contributed by atoms with Crippen LogP contribution in [0.2, 0.25) is 0 Å². The Morgan fingerprint density at radius 1 is 1.13 bits per heavy atom. The summed E-state index contributed by atoms with van der Waals surface area (Å²) in [5, 5.41) is 1.53. The Morgan fingerprint density at radius 3 is 1.93 bits per heavy atom. The van der Waals surface area contributed by atoms with Gasteiger partial charge in [-0.2, -0.15) is 0 Å². The number of rotatable bonds is 9. The lowest BCUT2D eigenvalue weighted by molar-refractivity contribution is -0.153. The van der Waals surface area contributed by atoms with Crippen LogP contribution in [0, 0.1) is 0 Å². The molecule has 0 bridgehead atoms. The van der Waals surface area contributed by atoms with Crippen molar-refractivity contribution in [2.45, 2.75) is 13.0 Å². The second-order valence-corrected chi connectivity index (χ2v) is 4.35. The summed E-state index contributed by atoms with van der Waals surface area (Å²) in [5.41, 5.74) is 0. The molecule has 0 fully saturated rings. The molecule has 4 nitrogen and oxygen atoms in total. The smallest absolute Gasteiger partial charge is 0.303 e. The molecule has 0 aromatic carbocycles. The van der Waals surface area contributed by atoms with Gasteiger partial charge in [0.15, 0.2) is 0 Å². The number of esters is 1. The lowest BCUT2D eigenvalue weighted by atomic mass is 10.4. The molecule has 0 radical (unpaired) electrons. The van der Waals surface area contributed by atoms with Crippen LogP contribution in [-0.4, -0.2) is 49.2 Å². The first-order chi connectivity index (χ1) is 7.20. The summed E-state index contributed by atoms with van der Waals surface area (Å²) in [6.07, 6.45) is -0.319. The molecule has 0 saturated heterocycles. The van der Waals surface area contributed by atoms with Crippen molar-refractivity contribution in [1.29, 1.82) is 0 Å². The van der Waals surface area contributed by atoms with E-state index in [4.69, 9.17) is 14.2 Å². The van der Waals surface area contributed by atoms with Crippen molar-refractivity contribution >= 4 is 37.8 Å². The maximum Gasteiger partial charge on any atom is 0.303 e. The summed E-state index contributed by atoms with van der Waals surface area (Å²) < 4.78 is 15.5.